The summed E-state index contributed by atoms with van der Waals surface area (Å²) in [6.45, 7) is 2.94. The highest BCUT2D eigenvalue weighted by Gasteiger charge is 2.16. The fraction of sp³-hybridized carbons (Fsp3) is 0.455. The molecule has 1 aliphatic heterocycles. The van der Waals surface area contributed by atoms with Crippen LogP contribution >= 0.6 is 0 Å². The summed E-state index contributed by atoms with van der Waals surface area (Å²) in [7, 11) is 1.66. The van der Waals surface area contributed by atoms with E-state index in [2.05, 4.69) is 5.32 Å². The smallest absolute Gasteiger partial charge is 0.123 e. The summed E-state index contributed by atoms with van der Waals surface area (Å²) < 4.78 is 10.7. The average molecular weight is 193 g/mol. The van der Waals surface area contributed by atoms with Gasteiger partial charge in [-0.15, -0.1) is 0 Å². The zero-order valence-corrected chi connectivity index (χ0v) is 8.32. The van der Waals surface area contributed by atoms with Crippen LogP contribution in [0.2, 0.25) is 0 Å². The lowest BCUT2D eigenvalue weighted by Crippen LogP contribution is -2.45. The lowest BCUT2D eigenvalue weighted by atomic mass is 10.1. The zero-order valence-electron chi connectivity index (χ0n) is 8.32. The molecule has 1 aromatic rings. The lowest BCUT2D eigenvalue weighted by molar-refractivity contribution is 0.198. The van der Waals surface area contributed by atoms with E-state index in [-0.39, 0.29) is 0 Å². The van der Waals surface area contributed by atoms with Crippen LogP contribution in [0.1, 0.15) is 0 Å². The Bertz CT molecular complexity index is 297. The van der Waals surface area contributed by atoms with E-state index >= 15 is 0 Å². The number of nitrogens with one attached hydrogen (secondary N) is 1. The molecule has 14 heavy (non-hydrogen) atoms. The molecule has 0 unspecified atom stereocenters. The van der Waals surface area contributed by atoms with E-state index in [0.29, 0.717) is 5.92 Å². The van der Waals surface area contributed by atoms with Crippen LogP contribution in [0.3, 0.4) is 0 Å². The molecule has 0 atom stereocenters. The highest BCUT2D eigenvalue weighted by molar-refractivity contribution is 5.32. The van der Waals surface area contributed by atoms with Gasteiger partial charge in [0.25, 0.3) is 0 Å². The Morgan fingerprint density at radius 2 is 2.14 bits per heavy atom. The van der Waals surface area contributed by atoms with Gasteiger partial charge in [-0.05, 0) is 12.1 Å². The molecule has 0 saturated carbocycles. The molecule has 0 radical (unpaired) electrons. The van der Waals surface area contributed by atoms with Crippen LogP contribution in [-0.2, 0) is 0 Å². The molecule has 0 bridgehead atoms. The van der Waals surface area contributed by atoms with E-state index in [4.69, 9.17) is 9.47 Å². The van der Waals surface area contributed by atoms with Gasteiger partial charge in [-0.25, -0.2) is 0 Å². The summed E-state index contributed by atoms with van der Waals surface area (Å²) in [5, 5.41) is 3.22. The molecule has 76 valence electrons. The van der Waals surface area contributed by atoms with Crippen molar-refractivity contribution in [2.45, 2.75) is 0 Å². The van der Waals surface area contributed by atoms with Crippen LogP contribution in [0.15, 0.2) is 24.3 Å². The Labute approximate surface area is 84.0 Å². The van der Waals surface area contributed by atoms with Gasteiger partial charge in [-0.1, -0.05) is 6.07 Å². The first-order chi connectivity index (χ1) is 6.88. The third-order valence-electron chi connectivity index (χ3n) is 2.39. The van der Waals surface area contributed by atoms with Gasteiger partial charge in [0, 0.05) is 25.1 Å². The first-order valence-electron chi connectivity index (χ1n) is 4.86. The number of ether oxygens (including phenoxy) is 2. The molecule has 0 amide bonds. The van der Waals surface area contributed by atoms with E-state index in [1.807, 2.05) is 24.3 Å². The minimum Gasteiger partial charge on any atom is -0.497 e. The maximum atomic E-state index is 5.63. The molecule has 0 aromatic heterocycles. The summed E-state index contributed by atoms with van der Waals surface area (Å²) in [5.41, 5.74) is 0. The predicted octanol–water partition coefficient (Wildman–Crippen LogP) is 1.29. The van der Waals surface area contributed by atoms with Crippen LogP contribution < -0.4 is 14.8 Å². The van der Waals surface area contributed by atoms with Gasteiger partial charge in [-0.2, -0.15) is 0 Å². The van der Waals surface area contributed by atoms with Crippen molar-refractivity contribution in [1.82, 2.24) is 5.32 Å². The molecule has 0 aliphatic carbocycles. The fourth-order valence-electron chi connectivity index (χ4n) is 1.37. The number of rotatable bonds is 4. The van der Waals surface area contributed by atoms with Crippen LogP contribution in [0.25, 0.3) is 0 Å². The number of hydrogen-bond donors (Lipinski definition) is 1. The van der Waals surface area contributed by atoms with Crippen LogP contribution in [0.4, 0.5) is 0 Å². The third kappa shape index (κ3) is 2.17. The van der Waals surface area contributed by atoms with Gasteiger partial charge in [0.2, 0.25) is 0 Å². The standard InChI is InChI=1S/C11H15NO2/c1-13-10-3-2-4-11(5-10)14-8-9-6-12-7-9/h2-5,9,12H,6-8H2,1H3. The molecule has 3 heteroatoms. The Balaban J connectivity index is 1.87. The molecular weight excluding hydrogens is 178 g/mol. The van der Waals surface area contributed by atoms with Crippen molar-refractivity contribution in [3.63, 3.8) is 0 Å². The van der Waals surface area contributed by atoms with Gasteiger partial charge in [0.1, 0.15) is 11.5 Å². The van der Waals surface area contributed by atoms with E-state index in [0.717, 1.165) is 31.2 Å². The minimum absolute atomic E-state index is 0.668. The van der Waals surface area contributed by atoms with Crippen molar-refractivity contribution in [3.05, 3.63) is 24.3 Å². The Hall–Kier alpha value is -1.22. The van der Waals surface area contributed by atoms with Crippen LogP contribution in [-0.4, -0.2) is 26.8 Å². The van der Waals surface area contributed by atoms with E-state index in [1.165, 1.54) is 0 Å². The molecule has 1 heterocycles. The van der Waals surface area contributed by atoms with Crippen LogP contribution in [0, 0.1) is 5.92 Å². The second kappa shape index (κ2) is 4.33. The van der Waals surface area contributed by atoms with E-state index in [1.54, 1.807) is 7.11 Å². The summed E-state index contributed by atoms with van der Waals surface area (Å²) in [4.78, 5) is 0. The van der Waals surface area contributed by atoms with Crippen LogP contribution in [0.5, 0.6) is 11.5 Å². The average Bonchev–Trinajstić information content (AvgIpc) is 2.16. The maximum absolute atomic E-state index is 5.63. The van der Waals surface area contributed by atoms with Crippen molar-refractivity contribution in [2.75, 3.05) is 26.8 Å². The molecule has 1 saturated heterocycles. The summed E-state index contributed by atoms with van der Waals surface area (Å²) in [5.74, 6) is 2.40. The summed E-state index contributed by atoms with van der Waals surface area (Å²) in [6, 6.07) is 7.71. The molecule has 1 aliphatic rings. The van der Waals surface area contributed by atoms with Crippen molar-refractivity contribution in [2.24, 2.45) is 5.92 Å². The number of methoxy groups -OCH3 is 1. The summed E-state index contributed by atoms with van der Waals surface area (Å²) in [6.07, 6.45) is 0. The Morgan fingerprint density at radius 1 is 1.36 bits per heavy atom. The van der Waals surface area contributed by atoms with Gasteiger partial charge < -0.3 is 14.8 Å². The lowest BCUT2D eigenvalue weighted by Gasteiger charge is -2.26. The molecule has 1 aromatic carbocycles. The Kier molecular flexibility index (Phi) is 2.89. The molecule has 1 N–H and O–H groups in total. The number of hydrogen-bond acceptors (Lipinski definition) is 3. The second-order valence-electron chi connectivity index (χ2n) is 3.51. The highest BCUT2D eigenvalue weighted by Crippen LogP contribution is 2.19. The quantitative estimate of drug-likeness (QED) is 0.781. The first kappa shape index (κ1) is 9.34. The van der Waals surface area contributed by atoms with Crippen molar-refractivity contribution in [1.29, 1.82) is 0 Å². The molecule has 2 rings (SSSR count). The topological polar surface area (TPSA) is 30.5 Å². The van der Waals surface area contributed by atoms with Gasteiger partial charge >= 0.3 is 0 Å². The van der Waals surface area contributed by atoms with Crippen molar-refractivity contribution in [3.8, 4) is 11.5 Å². The van der Waals surface area contributed by atoms with Gasteiger partial charge in [0.05, 0.1) is 13.7 Å². The van der Waals surface area contributed by atoms with Gasteiger partial charge in [-0.3, -0.25) is 0 Å². The first-order valence-corrected chi connectivity index (χ1v) is 4.86. The second-order valence-corrected chi connectivity index (χ2v) is 3.51. The third-order valence-corrected chi connectivity index (χ3v) is 2.39. The molecule has 3 nitrogen and oxygen atoms in total. The van der Waals surface area contributed by atoms with E-state index in [9.17, 15) is 0 Å². The molecule has 1 fully saturated rings. The zero-order chi connectivity index (χ0) is 9.80. The summed E-state index contributed by atoms with van der Waals surface area (Å²) >= 11 is 0. The predicted molar refractivity (Wildman–Crippen MR) is 54.8 cm³/mol. The van der Waals surface area contributed by atoms with Gasteiger partial charge in [0.15, 0.2) is 0 Å². The fourth-order valence-corrected chi connectivity index (χ4v) is 1.37. The van der Waals surface area contributed by atoms with Crippen molar-refractivity contribution >= 4 is 0 Å². The highest BCUT2D eigenvalue weighted by atomic mass is 16.5. The Morgan fingerprint density at radius 3 is 2.79 bits per heavy atom. The molecule has 0 spiro atoms. The normalized spacial score (nSPS) is 16.1. The monoisotopic (exact) mass is 193 g/mol. The SMILES string of the molecule is COc1cccc(OCC2CNC2)c1. The largest absolute Gasteiger partial charge is 0.497 e. The minimum atomic E-state index is 0.668. The number of benzene rings is 1. The van der Waals surface area contributed by atoms with E-state index < -0.39 is 0 Å². The molecular formula is C11H15NO2. The maximum Gasteiger partial charge on any atom is 0.123 e. The van der Waals surface area contributed by atoms with Crippen molar-refractivity contribution < 1.29 is 9.47 Å².